The van der Waals surface area contributed by atoms with Crippen molar-refractivity contribution in [1.29, 1.82) is 0 Å². The predicted molar refractivity (Wildman–Crippen MR) is 85.3 cm³/mol. The molecule has 0 aromatic heterocycles. The lowest BCUT2D eigenvalue weighted by Gasteiger charge is -2.18. The van der Waals surface area contributed by atoms with Crippen LogP contribution in [0.4, 0.5) is 0 Å². The Morgan fingerprint density at radius 3 is 2.32 bits per heavy atom. The molecule has 2 aromatic rings. The van der Waals surface area contributed by atoms with Gasteiger partial charge in [0, 0.05) is 12.1 Å². The summed E-state index contributed by atoms with van der Waals surface area (Å²) in [5.74, 6) is -0.649. The van der Waals surface area contributed by atoms with Crippen LogP contribution < -0.4 is 5.43 Å². The van der Waals surface area contributed by atoms with Gasteiger partial charge in [0.15, 0.2) is 0 Å². The molecule has 0 heterocycles. The number of sulfonamides is 1. The second-order valence-corrected chi connectivity index (χ2v) is 7.16. The van der Waals surface area contributed by atoms with Crippen LogP contribution in [0.1, 0.15) is 10.4 Å². The number of hydrogen-bond acceptors (Lipinski definition) is 3. The second-order valence-electron chi connectivity index (χ2n) is 4.35. The molecular weight excluding hydrogens is 347 g/mol. The Balaban J connectivity index is 2.21. The zero-order valence-corrected chi connectivity index (χ0v) is 13.8. The van der Waals surface area contributed by atoms with E-state index < -0.39 is 15.9 Å². The molecule has 5 nitrogen and oxygen atoms in total. The average Bonchev–Trinajstić information content (AvgIpc) is 2.47. The number of hydrogen-bond donors (Lipinski definition) is 1. The summed E-state index contributed by atoms with van der Waals surface area (Å²) in [5.41, 5.74) is 2.40. The molecule has 0 aliphatic carbocycles. The van der Waals surface area contributed by atoms with Gasteiger partial charge in [-0.25, -0.2) is 8.42 Å². The van der Waals surface area contributed by atoms with E-state index in [-0.39, 0.29) is 15.5 Å². The van der Waals surface area contributed by atoms with E-state index >= 15 is 0 Å². The van der Waals surface area contributed by atoms with E-state index in [1.54, 1.807) is 18.2 Å². The van der Waals surface area contributed by atoms with Crippen molar-refractivity contribution < 1.29 is 13.2 Å². The summed E-state index contributed by atoms with van der Waals surface area (Å²) in [4.78, 5) is 12.2. The number of rotatable bonds is 4. The van der Waals surface area contributed by atoms with Gasteiger partial charge in [-0.05, 0) is 30.3 Å². The lowest BCUT2D eigenvalue weighted by atomic mass is 10.2. The summed E-state index contributed by atoms with van der Waals surface area (Å²) in [5, 5.41) is 0.516. The summed E-state index contributed by atoms with van der Waals surface area (Å²) in [7, 11) is -2.59. The van der Waals surface area contributed by atoms with Crippen molar-refractivity contribution in [1.82, 2.24) is 9.84 Å². The van der Waals surface area contributed by atoms with Gasteiger partial charge in [0.05, 0.1) is 15.5 Å². The van der Waals surface area contributed by atoms with Crippen LogP contribution in [0.3, 0.4) is 0 Å². The van der Waals surface area contributed by atoms with Crippen LogP contribution in [0, 0.1) is 0 Å². The summed E-state index contributed by atoms with van der Waals surface area (Å²) in [6, 6.07) is 12.1. The number of halogens is 2. The van der Waals surface area contributed by atoms with E-state index in [1.807, 2.05) is 0 Å². The van der Waals surface area contributed by atoms with E-state index in [1.165, 1.54) is 37.4 Å². The molecular formula is C14H12Cl2N2O3S. The average molecular weight is 359 g/mol. The van der Waals surface area contributed by atoms with Crippen molar-refractivity contribution in [2.45, 2.75) is 4.90 Å². The summed E-state index contributed by atoms with van der Waals surface area (Å²) < 4.78 is 25.3. The molecule has 1 N–H and O–H groups in total. The summed E-state index contributed by atoms with van der Waals surface area (Å²) in [6.45, 7) is 0. The van der Waals surface area contributed by atoms with Gasteiger partial charge in [0.2, 0.25) is 0 Å². The van der Waals surface area contributed by atoms with Crippen LogP contribution in [0.5, 0.6) is 0 Å². The van der Waals surface area contributed by atoms with Crippen molar-refractivity contribution in [2.75, 3.05) is 7.05 Å². The minimum Gasteiger partial charge on any atom is -0.271 e. The van der Waals surface area contributed by atoms with E-state index in [9.17, 15) is 13.2 Å². The Hall–Kier alpha value is -1.60. The molecule has 8 heteroatoms. The fourth-order valence-corrected chi connectivity index (χ4v) is 3.20. The maximum Gasteiger partial charge on any atom is 0.267 e. The summed E-state index contributed by atoms with van der Waals surface area (Å²) >= 11 is 11.7. The van der Waals surface area contributed by atoms with Crippen LogP contribution in [-0.2, 0) is 10.0 Å². The monoisotopic (exact) mass is 358 g/mol. The molecule has 0 saturated heterocycles. The lowest BCUT2D eigenvalue weighted by Crippen LogP contribution is -2.43. The Bertz CT molecular complexity index is 795. The molecule has 0 bridgehead atoms. The highest BCUT2D eigenvalue weighted by Crippen LogP contribution is 2.21. The highest BCUT2D eigenvalue weighted by atomic mass is 35.5. The normalized spacial score (nSPS) is 11.5. The predicted octanol–water partition coefficient (Wildman–Crippen LogP) is 2.96. The zero-order valence-electron chi connectivity index (χ0n) is 11.5. The van der Waals surface area contributed by atoms with Crippen LogP contribution in [0.15, 0.2) is 53.4 Å². The zero-order chi connectivity index (χ0) is 16.3. The number of nitrogens with zero attached hydrogens (tertiary/aromatic N) is 1. The molecule has 0 spiro atoms. The van der Waals surface area contributed by atoms with Crippen molar-refractivity contribution in [3.63, 3.8) is 0 Å². The van der Waals surface area contributed by atoms with Crippen LogP contribution in [0.25, 0.3) is 0 Å². The van der Waals surface area contributed by atoms with Gasteiger partial charge in [-0.2, -0.15) is 0 Å². The molecule has 22 heavy (non-hydrogen) atoms. The highest BCUT2D eigenvalue weighted by Gasteiger charge is 2.23. The maximum atomic E-state index is 12.3. The Morgan fingerprint density at radius 2 is 1.73 bits per heavy atom. The van der Waals surface area contributed by atoms with Gasteiger partial charge in [-0.3, -0.25) is 10.2 Å². The lowest BCUT2D eigenvalue weighted by molar-refractivity contribution is 0.0893. The molecule has 2 aromatic carbocycles. The third-order valence-corrected chi connectivity index (χ3v) is 5.06. The van der Waals surface area contributed by atoms with Crippen molar-refractivity contribution in [2.24, 2.45) is 0 Å². The van der Waals surface area contributed by atoms with Gasteiger partial charge >= 0.3 is 0 Å². The number of nitrogens with one attached hydrogen (secondary N) is 1. The molecule has 1 amide bonds. The number of carbonyl (C=O) groups excluding carboxylic acids is 1. The minimum absolute atomic E-state index is 0.0694. The maximum absolute atomic E-state index is 12.3. The Morgan fingerprint density at radius 1 is 1.09 bits per heavy atom. The Kier molecular flexibility index (Phi) is 5.08. The van der Waals surface area contributed by atoms with Crippen LogP contribution >= 0.6 is 23.2 Å². The Labute approximate surface area is 138 Å². The number of amides is 1. The van der Waals surface area contributed by atoms with Gasteiger partial charge in [0.1, 0.15) is 0 Å². The van der Waals surface area contributed by atoms with Crippen LogP contribution in [0.2, 0.25) is 10.0 Å². The van der Waals surface area contributed by atoms with Gasteiger partial charge in [-0.15, -0.1) is 4.41 Å². The topological polar surface area (TPSA) is 66.5 Å². The first-order valence-electron chi connectivity index (χ1n) is 6.12. The van der Waals surface area contributed by atoms with E-state index in [2.05, 4.69) is 5.43 Å². The van der Waals surface area contributed by atoms with Gasteiger partial charge in [-0.1, -0.05) is 41.4 Å². The van der Waals surface area contributed by atoms with Gasteiger partial charge in [0.25, 0.3) is 15.9 Å². The first-order chi connectivity index (χ1) is 10.3. The fraction of sp³-hybridized carbons (Fsp3) is 0.0714. The van der Waals surface area contributed by atoms with Crippen molar-refractivity contribution >= 4 is 39.1 Å². The standard InChI is InChI=1S/C14H12Cl2N2O3S/c1-18(22(20,21)11-5-3-2-4-6-11)17-14(19)12-8-7-10(15)9-13(12)16/h2-9H,1H3,(H,17,19). The van der Waals surface area contributed by atoms with Gasteiger partial charge < -0.3 is 0 Å². The first-order valence-corrected chi connectivity index (χ1v) is 8.32. The highest BCUT2D eigenvalue weighted by molar-refractivity contribution is 7.89. The van der Waals surface area contributed by atoms with E-state index in [4.69, 9.17) is 23.2 Å². The molecule has 0 atom stereocenters. The summed E-state index contributed by atoms with van der Waals surface area (Å²) in [6.07, 6.45) is 0. The van der Waals surface area contributed by atoms with Crippen LogP contribution in [-0.4, -0.2) is 25.8 Å². The number of carbonyl (C=O) groups is 1. The number of benzene rings is 2. The first kappa shape index (κ1) is 16.8. The molecule has 0 fully saturated rings. The molecule has 116 valence electrons. The van der Waals surface area contributed by atoms with E-state index in [0.29, 0.717) is 5.02 Å². The number of hydrazine groups is 1. The molecule has 0 saturated carbocycles. The largest absolute Gasteiger partial charge is 0.271 e. The molecule has 0 aliphatic heterocycles. The second kappa shape index (κ2) is 6.66. The van der Waals surface area contributed by atoms with Crippen molar-refractivity contribution in [3.8, 4) is 0 Å². The minimum atomic E-state index is -3.83. The fourth-order valence-electron chi connectivity index (χ4n) is 1.69. The third kappa shape index (κ3) is 3.59. The smallest absolute Gasteiger partial charge is 0.267 e. The SMILES string of the molecule is CN(NC(=O)c1ccc(Cl)cc1Cl)S(=O)(=O)c1ccccc1. The molecule has 2 rings (SSSR count). The molecule has 0 aliphatic rings. The third-order valence-electron chi connectivity index (χ3n) is 2.84. The van der Waals surface area contributed by atoms with E-state index in [0.717, 1.165) is 4.41 Å². The molecule has 0 unspecified atom stereocenters. The molecule has 0 radical (unpaired) electrons. The van der Waals surface area contributed by atoms with Crippen molar-refractivity contribution in [3.05, 3.63) is 64.1 Å². The quantitative estimate of drug-likeness (QED) is 0.854.